The fourth-order valence-corrected chi connectivity index (χ4v) is 7.58. The number of nitrogens with zero attached hydrogens (tertiary/aromatic N) is 1. The molecule has 0 N–H and O–H groups in total. The van der Waals surface area contributed by atoms with Gasteiger partial charge in [-0.2, -0.15) is 0 Å². The Morgan fingerprint density at radius 3 is 1.62 bits per heavy atom. The first kappa shape index (κ1) is 30.0. The lowest BCUT2D eigenvalue weighted by Crippen LogP contribution is -2.11. The number of furan rings is 1. The normalized spacial score (nSPS) is 11.5. The summed E-state index contributed by atoms with van der Waals surface area (Å²) < 4.78 is 6.22. The molecule has 0 saturated carbocycles. The molecule has 2 heteroatoms. The van der Waals surface area contributed by atoms with Gasteiger partial charge in [-0.3, -0.25) is 0 Å². The summed E-state index contributed by atoms with van der Waals surface area (Å²) in [5.41, 5.74) is 12.3. The van der Waals surface area contributed by atoms with Crippen molar-refractivity contribution in [2.24, 2.45) is 0 Å². The van der Waals surface area contributed by atoms with Crippen LogP contribution in [0.15, 0.2) is 205 Å². The van der Waals surface area contributed by atoms with Crippen LogP contribution in [0.4, 0.5) is 17.1 Å². The van der Waals surface area contributed by atoms with E-state index < -0.39 is 0 Å². The van der Waals surface area contributed by atoms with Crippen LogP contribution in [0.3, 0.4) is 0 Å². The molecule has 0 bridgehead atoms. The Labute approximate surface area is 302 Å². The Morgan fingerprint density at radius 1 is 0.308 bits per heavy atom. The molecule has 0 fully saturated rings. The lowest BCUT2D eigenvalue weighted by molar-refractivity contribution is 0.669. The average molecular weight is 664 g/mol. The smallest absolute Gasteiger partial charge is 0.136 e. The summed E-state index contributed by atoms with van der Waals surface area (Å²) in [6.45, 7) is 0. The lowest BCUT2D eigenvalue weighted by Gasteiger charge is -2.28. The molecular formula is C50H33NO. The van der Waals surface area contributed by atoms with E-state index in [1.54, 1.807) is 0 Å². The molecule has 244 valence electrons. The van der Waals surface area contributed by atoms with Crippen LogP contribution < -0.4 is 4.90 Å². The average Bonchev–Trinajstić information content (AvgIpc) is 3.58. The van der Waals surface area contributed by atoms with Gasteiger partial charge in [0.1, 0.15) is 11.2 Å². The quantitative estimate of drug-likeness (QED) is 0.176. The molecule has 0 aliphatic heterocycles. The van der Waals surface area contributed by atoms with Gasteiger partial charge in [-0.1, -0.05) is 140 Å². The third-order valence-electron chi connectivity index (χ3n) is 10.2. The molecule has 0 aliphatic rings. The van der Waals surface area contributed by atoms with Crippen LogP contribution in [0, 0.1) is 0 Å². The molecule has 9 aromatic carbocycles. The summed E-state index contributed by atoms with van der Waals surface area (Å²) in [5.74, 6) is 0. The molecule has 52 heavy (non-hydrogen) atoms. The standard InChI is InChI=1S/C50H33NO/c1-2-11-37(12-3-1)45-14-6-8-16-48(45)51(43-26-22-35(23-27-43)39-19-18-34-10-4-5-13-38(34)30-39)44-28-24-36(25-29-44)40-20-21-41-32-47-46-15-7-9-17-49(46)52-50(47)33-42(41)31-40/h1-33H. The van der Waals surface area contributed by atoms with Crippen LogP contribution in [-0.4, -0.2) is 0 Å². The fraction of sp³-hybridized carbons (Fsp3) is 0. The van der Waals surface area contributed by atoms with Crippen molar-refractivity contribution in [2.75, 3.05) is 4.90 Å². The van der Waals surface area contributed by atoms with Gasteiger partial charge >= 0.3 is 0 Å². The molecule has 0 unspecified atom stereocenters. The summed E-state index contributed by atoms with van der Waals surface area (Å²) in [5, 5.41) is 7.18. The third kappa shape index (κ3) is 5.30. The second kappa shape index (κ2) is 12.5. The van der Waals surface area contributed by atoms with E-state index in [1.807, 2.05) is 12.1 Å². The third-order valence-corrected chi connectivity index (χ3v) is 10.2. The topological polar surface area (TPSA) is 16.4 Å². The second-order valence-electron chi connectivity index (χ2n) is 13.4. The van der Waals surface area contributed by atoms with Gasteiger partial charge in [0, 0.05) is 27.7 Å². The largest absolute Gasteiger partial charge is 0.456 e. The predicted molar refractivity (Wildman–Crippen MR) is 220 cm³/mol. The zero-order valence-electron chi connectivity index (χ0n) is 28.4. The Balaban J connectivity index is 1.05. The van der Waals surface area contributed by atoms with Gasteiger partial charge < -0.3 is 9.32 Å². The fourth-order valence-electron chi connectivity index (χ4n) is 7.58. The van der Waals surface area contributed by atoms with Crippen molar-refractivity contribution in [3.63, 3.8) is 0 Å². The molecule has 1 aromatic heterocycles. The molecule has 0 atom stereocenters. The number of para-hydroxylation sites is 2. The SMILES string of the molecule is c1ccc(-c2ccccc2N(c2ccc(-c3ccc4ccccc4c3)cc2)c2ccc(-c3ccc4cc5c(cc4c3)oc3ccccc35)cc2)cc1. The van der Waals surface area contributed by atoms with Crippen LogP contribution in [-0.2, 0) is 0 Å². The Morgan fingerprint density at radius 2 is 0.865 bits per heavy atom. The van der Waals surface area contributed by atoms with E-state index in [1.165, 1.54) is 49.5 Å². The summed E-state index contributed by atoms with van der Waals surface area (Å²) in [6.07, 6.45) is 0. The summed E-state index contributed by atoms with van der Waals surface area (Å²) in [7, 11) is 0. The van der Waals surface area contributed by atoms with E-state index in [-0.39, 0.29) is 0 Å². The van der Waals surface area contributed by atoms with E-state index in [4.69, 9.17) is 4.42 Å². The summed E-state index contributed by atoms with van der Waals surface area (Å²) >= 11 is 0. The second-order valence-corrected chi connectivity index (χ2v) is 13.4. The first-order valence-electron chi connectivity index (χ1n) is 17.7. The first-order valence-corrected chi connectivity index (χ1v) is 17.7. The highest BCUT2D eigenvalue weighted by Gasteiger charge is 2.18. The number of anilines is 3. The highest BCUT2D eigenvalue weighted by atomic mass is 16.3. The van der Waals surface area contributed by atoms with Crippen molar-refractivity contribution < 1.29 is 4.42 Å². The van der Waals surface area contributed by atoms with Crippen molar-refractivity contribution in [3.8, 4) is 33.4 Å². The maximum atomic E-state index is 6.22. The highest BCUT2D eigenvalue weighted by Crippen LogP contribution is 2.42. The van der Waals surface area contributed by atoms with Gasteiger partial charge in [-0.25, -0.2) is 0 Å². The summed E-state index contributed by atoms with van der Waals surface area (Å²) in [6, 6.07) is 71.8. The summed E-state index contributed by atoms with van der Waals surface area (Å²) in [4.78, 5) is 2.37. The van der Waals surface area contributed by atoms with Gasteiger partial charge in [0.2, 0.25) is 0 Å². The molecular weight excluding hydrogens is 631 g/mol. The van der Waals surface area contributed by atoms with E-state index in [0.717, 1.165) is 44.4 Å². The van der Waals surface area contributed by atoms with Crippen LogP contribution in [0.1, 0.15) is 0 Å². The Kier molecular flexibility index (Phi) is 7.18. The van der Waals surface area contributed by atoms with Crippen molar-refractivity contribution in [1.82, 2.24) is 0 Å². The number of hydrogen-bond donors (Lipinski definition) is 0. The van der Waals surface area contributed by atoms with E-state index in [2.05, 4.69) is 193 Å². The van der Waals surface area contributed by atoms with E-state index in [9.17, 15) is 0 Å². The van der Waals surface area contributed by atoms with Crippen LogP contribution in [0.5, 0.6) is 0 Å². The minimum Gasteiger partial charge on any atom is -0.456 e. The molecule has 0 radical (unpaired) electrons. The predicted octanol–water partition coefficient (Wildman–Crippen LogP) is 14.4. The zero-order chi connectivity index (χ0) is 34.4. The number of benzene rings is 9. The van der Waals surface area contributed by atoms with Gasteiger partial charge in [-0.15, -0.1) is 0 Å². The molecule has 2 nitrogen and oxygen atoms in total. The maximum Gasteiger partial charge on any atom is 0.136 e. The first-order chi connectivity index (χ1) is 25.7. The van der Waals surface area contributed by atoms with Crippen molar-refractivity contribution >= 4 is 60.5 Å². The minimum absolute atomic E-state index is 0.917. The zero-order valence-corrected chi connectivity index (χ0v) is 28.4. The van der Waals surface area contributed by atoms with Gasteiger partial charge in [0.05, 0.1) is 5.69 Å². The van der Waals surface area contributed by atoms with Crippen molar-refractivity contribution in [1.29, 1.82) is 0 Å². The molecule has 1 heterocycles. The van der Waals surface area contributed by atoms with Gasteiger partial charge in [0.15, 0.2) is 0 Å². The van der Waals surface area contributed by atoms with Crippen molar-refractivity contribution in [3.05, 3.63) is 200 Å². The minimum atomic E-state index is 0.917. The van der Waals surface area contributed by atoms with Gasteiger partial charge in [0.25, 0.3) is 0 Å². The monoisotopic (exact) mass is 663 g/mol. The lowest BCUT2D eigenvalue weighted by atomic mass is 9.98. The Bertz CT molecular complexity index is 2890. The molecule has 0 amide bonds. The molecule has 0 aliphatic carbocycles. The van der Waals surface area contributed by atoms with Crippen LogP contribution >= 0.6 is 0 Å². The highest BCUT2D eigenvalue weighted by molar-refractivity contribution is 6.10. The maximum absolute atomic E-state index is 6.22. The van der Waals surface area contributed by atoms with E-state index in [0.29, 0.717) is 0 Å². The number of fused-ring (bicyclic) bond motifs is 5. The molecule has 0 spiro atoms. The Hall–Kier alpha value is -6.90. The number of hydrogen-bond acceptors (Lipinski definition) is 2. The van der Waals surface area contributed by atoms with Crippen molar-refractivity contribution in [2.45, 2.75) is 0 Å². The molecule has 0 saturated heterocycles. The molecule has 10 rings (SSSR count). The van der Waals surface area contributed by atoms with Crippen LogP contribution in [0.25, 0.3) is 76.9 Å². The van der Waals surface area contributed by atoms with E-state index >= 15 is 0 Å². The van der Waals surface area contributed by atoms with Crippen LogP contribution in [0.2, 0.25) is 0 Å². The van der Waals surface area contributed by atoms with Gasteiger partial charge in [-0.05, 0) is 110 Å². The number of rotatable bonds is 6. The molecule has 10 aromatic rings.